The molecule has 2 rings (SSSR count). The minimum Gasteiger partial charge on any atom is -0.362 e. The van der Waals surface area contributed by atoms with E-state index in [0.29, 0.717) is 0 Å². The fourth-order valence-corrected chi connectivity index (χ4v) is 1.55. The van der Waals surface area contributed by atoms with E-state index in [2.05, 4.69) is 36.5 Å². The van der Waals surface area contributed by atoms with Gasteiger partial charge in [-0.3, -0.25) is 5.32 Å². The molecule has 14 heavy (non-hydrogen) atoms. The molecule has 1 atom stereocenters. The van der Waals surface area contributed by atoms with Gasteiger partial charge in [-0.2, -0.15) is 0 Å². The van der Waals surface area contributed by atoms with Crippen molar-refractivity contribution in [1.82, 2.24) is 5.32 Å². The van der Waals surface area contributed by atoms with E-state index >= 15 is 0 Å². The van der Waals surface area contributed by atoms with Crippen LogP contribution in [0.4, 0.5) is 0 Å². The Kier molecular flexibility index (Phi) is 4.39. The molecule has 1 saturated heterocycles. The van der Waals surface area contributed by atoms with Gasteiger partial charge in [-0.05, 0) is 12.5 Å². The summed E-state index contributed by atoms with van der Waals surface area (Å²) < 4.78 is 5.48. The summed E-state index contributed by atoms with van der Waals surface area (Å²) in [6, 6.07) is 8.62. The smallest absolute Gasteiger partial charge is 0.112 e. The Balaban J connectivity index is 0.000000980. The van der Waals surface area contributed by atoms with Gasteiger partial charge in [0.2, 0.25) is 0 Å². The first-order chi connectivity index (χ1) is 6.34. The molecule has 1 fully saturated rings. The third-order valence-corrected chi connectivity index (χ3v) is 2.33. The summed E-state index contributed by atoms with van der Waals surface area (Å²) in [5.74, 6) is 0. The largest absolute Gasteiger partial charge is 0.362 e. The van der Waals surface area contributed by atoms with E-state index < -0.39 is 0 Å². The van der Waals surface area contributed by atoms with Crippen LogP contribution in [0.2, 0.25) is 0 Å². The highest BCUT2D eigenvalue weighted by Gasteiger charge is 2.14. The van der Waals surface area contributed by atoms with Crippen LogP contribution in [-0.2, 0) is 11.2 Å². The highest BCUT2D eigenvalue weighted by atomic mass is 35.5. The maximum absolute atomic E-state index is 5.48. The van der Waals surface area contributed by atoms with E-state index in [-0.39, 0.29) is 18.6 Å². The zero-order chi connectivity index (χ0) is 9.10. The van der Waals surface area contributed by atoms with Gasteiger partial charge in [0.1, 0.15) is 6.23 Å². The molecule has 3 heteroatoms. The lowest BCUT2D eigenvalue weighted by atomic mass is 10.1. The van der Waals surface area contributed by atoms with Gasteiger partial charge in [0.15, 0.2) is 0 Å². The van der Waals surface area contributed by atoms with Crippen LogP contribution in [0.15, 0.2) is 24.3 Å². The third kappa shape index (κ3) is 2.98. The molecule has 0 radical (unpaired) electrons. The molecule has 78 valence electrons. The highest BCUT2D eigenvalue weighted by Crippen LogP contribution is 2.08. The van der Waals surface area contributed by atoms with Crippen molar-refractivity contribution >= 4 is 12.4 Å². The van der Waals surface area contributed by atoms with Gasteiger partial charge in [0.05, 0.1) is 6.61 Å². The maximum Gasteiger partial charge on any atom is 0.112 e. The average molecular weight is 214 g/mol. The molecule has 1 aromatic carbocycles. The van der Waals surface area contributed by atoms with Gasteiger partial charge in [0, 0.05) is 13.0 Å². The van der Waals surface area contributed by atoms with Gasteiger partial charge < -0.3 is 4.74 Å². The van der Waals surface area contributed by atoms with Gasteiger partial charge in [-0.1, -0.05) is 29.8 Å². The van der Waals surface area contributed by atoms with Crippen LogP contribution in [-0.4, -0.2) is 19.4 Å². The number of halogens is 1. The first-order valence-corrected chi connectivity index (χ1v) is 4.75. The molecular formula is C11H16ClNO. The monoisotopic (exact) mass is 213 g/mol. The first kappa shape index (κ1) is 11.5. The van der Waals surface area contributed by atoms with Gasteiger partial charge in [-0.25, -0.2) is 0 Å². The number of nitrogens with one attached hydrogen (secondary N) is 1. The second-order valence-corrected chi connectivity index (χ2v) is 3.50. The van der Waals surface area contributed by atoms with E-state index in [4.69, 9.17) is 4.74 Å². The molecule has 0 spiro atoms. The second-order valence-electron chi connectivity index (χ2n) is 3.50. The topological polar surface area (TPSA) is 21.3 Å². The predicted molar refractivity (Wildman–Crippen MR) is 59.9 cm³/mol. The quantitative estimate of drug-likeness (QED) is 0.811. The lowest BCUT2D eigenvalue weighted by Gasteiger charge is -2.09. The van der Waals surface area contributed by atoms with Crippen LogP contribution in [0.3, 0.4) is 0 Å². The lowest BCUT2D eigenvalue weighted by molar-refractivity contribution is 0.102. The molecule has 1 aliphatic rings. The Morgan fingerprint density at radius 1 is 1.36 bits per heavy atom. The van der Waals surface area contributed by atoms with Crippen molar-refractivity contribution in [2.75, 3.05) is 13.2 Å². The van der Waals surface area contributed by atoms with Gasteiger partial charge in [-0.15, -0.1) is 12.4 Å². The molecule has 1 aliphatic heterocycles. The minimum atomic E-state index is 0. The summed E-state index contributed by atoms with van der Waals surface area (Å²) in [6.07, 6.45) is 1.20. The van der Waals surface area contributed by atoms with E-state index in [1.54, 1.807) is 0 Å². The van der Waals surface area contributed by atoms with Crippen molar-refractivity contribution in [3.8, 4) is 0 Å². The third-order valence-electron chi connectivity index (χ3n) is 2.33. The summed E-state index contributed by atoms with van der Waals surface area (Å²) in [5, 5.41) is 3.30. The summed E-state index contributed by atoms with van der Waals surface area (Å²) in [5.41, 5.74) is 2.65. The average Bonchev–Trinajstić information content (AvgIpc) is 2.62. The summed E-state index contributed by atoms with van der Waals surface area (Å²) in [4.78, 5) is 0. The Hall–Kier alpha value is -0.570. The molecule has 0 amide bonds. The molecule has 2 nitrogen and oxygen atoms in total. The molecule has 0 saturated carbocycles. The van der Waals surface area contributed by atoms with E-state index in [1.807, 2.05) is 0 Å². The number of benzene rings is 1. The Bertz CT molecular complexity index is 267. The second kappa shape index (κ2) is 5.35. The fraction of sp³-hybridized carbons (Fsp3) is 0.455. The lowest BCUT2D eigenvalue weighted by Crippen LogP contribution is -2.24. The molecular weight excluding hydrogens is 198 g/mol. The molecule has 0 aromatic heterocycles. The zero-order valence-corrected chi connectivity index (χ0v) is 9.14. The Morgan fingerprint density at radius 2 is 2.07 bits per heavy atom. The normalized spacial score (nSPS) is 20.5. The maximum atomic E-state index is 5.48. The summed E-state index contributed by atoms with van der Waals surface area (Å²) in [7, 11) is 0. The summed E-state index contributed by atoms with van der Waals surface area (Å²) >= 11 is 0. The molecule has 0 aliphatic carbocycles. The molecule has 1 N–H and O–H groups in total. The number of aryl methyl sites for hydroxylation is 1. The van der Waals surface area contributed by atoms with E-state index in [9.17, 15) is 0 Å². The molecule has 0 bridgehead atoms. The van der Waals surface area contributed by atoms with E-state index in [0.717, 1.165) is 19.6 Å². The number of hydrogen-bond donors (Lipinski definition) is 1. The zero-order valence-electron chi connectivity index (χ0n) is 8.32. The van der Waals surface area contributed by atoms with Crippen molar-refractivity contribution in [1.29, 1.82) is 0 Å². The fourth-order valence-electron chi connectivity index (χ4n) is 1.55. The van der Waals surface area contributed by atoms with Crippen LogP contribution in [0.5, 0.6) is 0 Å². The van der Waals surface area contributed by atoms with Crippen molar-refractivity contribution in [3.05, 3.63) is 35.4 Å². The first-order valence-electron chi connectivity index (χ1n) is 4.75. The van der Waals surface area contributed by atoms with Crippen LogP contribution in [0.25, 0.3) is 0 Å². The standard InChI is InChI=1S/C11H15NO.ClH/c1-9-2-4-10(5-3-9)8-11-12-6-7-13-11;/h2-5,11-12H,6-8H2,1H3;1H. The number of ether oxygens (including phenoxy) is 1. The van der Waals surface area contributed by atoms with Gasteiger partial charge >= 0.3 is 0 Å². The van der Waals surface area contributed by atoms with Crippen molar-refractivity contribution in [2.24, 2.45) is 0 Å². The minimum absolute atomic E-state index is 0. The summed E-state index contributed by atoms with van der Waals surface area (Å²) in [6.45, 7) is 3.93. The molecule has 1 heterocycles. The van der Waals surface area contributed by atoms with Crippen LogP contribution >= 0.6 is 12.4 Å². The molecule has 1 unspecified atom stereocenters. The van der Waals surface area contributed by atoms with E-state index in [1.165, 1.54) is 11.1 Å². The van der Waals surface area contributed by atoms with Crippen LogP contribution < -0.4 is 5.32 Å². The van der Waals surface area contributed by atoms with Crippen molar-refractivity contribution < 1.29 is 4.74 Å². The van der Waals surface area contributed by atoms with Gasteiger partial charge in [0.25, 0.3) is 0 Å². The number of rotatable bonds is 2. The number of hydrogen-bond acceptors (Lipinski definition) is 2. The van der Waals surface area contributed by atoms with Crippen molar-refractivity contribution in [3.63, 3.8) is 0 Å². The molecule has 1 aromatic rings. The van der Waals surface area contributed by atoms with Crippen molar-refractivity contribution in [2.45, 2.75) is 19.6 Å². The van der Waals surface area contributed by atoms with Crippen LogP contribution in [0, 0.1) is 6.92 Å². The Morgan fingerprint density at radius 3 is 2.64 bits per heavy atom. The Labute approximate surface area is 91.1 Å². The highest BCUT2D eigenvalue weighted by molar-refractivity contribution is 5.85. The van der Waals surface area contributed by atoms with Crippen LogP contribution in [0.1, 0.15) is 11.1 Å². The SMILES string of the molecule is Cc1ccc(CC2NCCO2)cc1.Cl. The predicted octanol–water partition coefficient (Wildman–Crippen LogP) is 1.91.